The lowest BCUT2D eigenvalue weighted by atomic mass is 9.76. The van der Waals surface area contributed by atoms with Gasteiger partial charge in [0, 0.05) is 24.3 Å². The number of rotatable bonds is 5. The molecule has 0 heterocycles. The number of nitro benzene ring substituents is 2. The quantitative estimate of drug-likeness (QED) is 0.640. The average Bonchev–Trinajstić information content (AvgIpc) is 2.54. The summed E-state index contributed by atoms with van der Waals surface area (Å²) < 4.78 is 0. The van der Waals surface area contributed by atoms with Crippen molar-refractivity contribution in [1.29, 1.82) is 0 Å². The Morgan fingerprint density at radius 3 is 1.17 bits per heavy atom. The third-order valence-electron chi connectivity index (χ3n) is 4.23. The number of aliphatic hydroxyl groups is 2. The molecule has 2 atom stereocenters. The van der Waals surface area contributed by atoms with Gasteiger partial charge in [-0.05, 0) is 49.2 Å². The normalized spacial score (nSPS) is 16.0. The topological polar surface area (TPSA) is 127 Å². The molecule has 0 bridgehead atoms. The Labute approximate surface area is 137 Å². The highest BCUT2D eigenvalue weighted by molar-refractivity contribution is 5.41. The smallest absolute Gasteiger partial charge is 0.269 e. The number of hydrogen-bond acceptors (Lipinski definition) is 6. The monoisotopic (exact) mass is 332 g/mol. The molecule has 0 aliphatic heterocycles. The minimum atomic E-state index is -1.78. The maximum absolute atomic E-state index is 10.8. The predicted molar refractivity (Wildman–Crippen MR) is 85.3 cm³/mol. The van der Waals surface area contributed by atoms with E-state index in [4.69, 9.17) is 0 Å². The molecule has 2 aromatic carbocycles. The van der Waals surface area contributed by atoms with Crippen molar-refractivity contribution in [2.45, 2.75) is 25.0 Å². The zero-order valence-corrected chi connectivity index (χ0v) is 13.0. The second kappa shape index (κ2) is 5.99. The summed E-state index contributed by atoms with van der Waals surface area (Å²) in [6, 6.07) is 10.4. The van der Waals surface area contributed by atoms with Gasteiger partial charge >= 0.3 is 0 Å². The standard InChI is InChI=1S/C16H16N2O6/c1-15(19,11-3-7-13(8-4-11)17(21)22)16(2,20)12-5-9-14(10-6-12)18(23)24/h3-10,19-20H,1-2H3. The molecule has 0 aromatic heterocycles. The van der Waals surface area contributed by atoms with Gasteiger partial charge in [0.15, 0.2) is 0 Å². The van der Waals surface area contributed by atoms with E-state index in [1.807, 2.05) is 0 Å². The van der Waals surface area contributed by atoms with Crippen LogP contribution in [-0.2, 0) is 11.2 Å². The molecule has 0 fully saturated rings. The van der Waals surface area contributed by atoms with Gasteiger partial charge in [0.1, 0.15) is 11.2 Å². The van der Waals surface area contributed by atoms with Crippen molar-refractivity contribution in [3.8, 4) is 0 Å². The minimum absolute atomic E-state index is 0.135. The van der Waals surface area contributed by atoms with Crippen LogP contribution in [0.15, 0.2) is 48.5 Å². The maximum Gasteiger partial charge on any atom is 0.269 e. The molecule has 0 spiro atoms. The second-order valence-electron chi connectivity index (χ2n) is 5.75. The summed E-state index contributed by atoms with van der Waals surface area (Å²) in [7, 11) is 0. The molecule has 0 aliphatic carbocycles. The first-order valence-electron chi connectivity index (χ1n) is 7.02. The summed E-state index contributed by atoms with van der Waals surface area (Å²) in [4.78, 5) is 20.3. The SMILES string of the molecule is CC(O)(c1ccc([N+](=O)[O-])cc1)C(C)(O)c1ccc([N+](=O)[O-])cc1. The van der Waals surface area contributed by atoms with E-state index in [1.54, 1.807) is 0 Å². The minimum Gasteiger partial charge on any atom is -0.382 e. The Morgan fingerprint density at radius 2 is 0.958 bits per heavy atom. The second-order valence-corrected chi connectivity index (χ2v) is 5.75. The van der Waals surface area contributed by atoms with Crippen LogP contribution in [-0.4, -0.2) is 20.1 Å². The highest BCUT2D eigenvalue weighted by atomic mass is 16.6. The van der Waals surface area contributed by atoms with Crippen molar-refractivity contribution in [1.82, 2.24) is 0 Å². The Morgan fingerprint density at radius 1 is 0.708 bits per heavy atom. The van der Waals surface area contributed by atoms with E-state index >= 15 is 0 Å². The lowest BCUT2D eigenvalue weighted by Crippen LogP contribution is -2.45. The number of hydrogen-bond donors (Lipinski definition) is 2. The fraction of sp³-hybridized carbons (Fsp3) is 0.250. The predicted octanol–water partition coefficient (Wildman–Crippen LogP) is 2.62. The third-order valence-corrected chi connectivity index (χ3v) is 4.23. The molecule has 24 heavy (non-hydrogen) atoms. The molecule has 2 rings (SSSR count). The molecule has 0 radical (unpaired) electrons. The molecule has 2 aromatic rings. The van der Waals surface area contributed by atoms with Gasteiger partial charge in [0.25, 0.3) is 11.4 Å². The van der Waals surface area contributed by atoms with Crippen molar-refractivity contribution in [3.05, 3.63) is 79.9 Å². The zero-order valence-electron chi connectivity index (χ0n) is 13.0. The van der Waals surface area contributed by atoms with Gasteiger partial charge in [-0.15, -0.1) is 0 Å². The highest BCUT2D eigenvalue weighted by Gasteiger charge is 2.44. The lowest BCUT2D eigenvalue weighted by molar-refractivity contribution is -0.385. The number of nitrogens with zero attached hydrogens (tertiary/aromatic N) is 2. The van der Waals surface area contributed by atoms with Crippen molar-refractivity contribution in [3.63, 3.8) is 0 Å². The molecule has 0 saturated heterocycles. The molecule has 126 valence electrons. The maximum atomic E-state index is 10.8. The first-order chi connectivity index (χ1) is 11.1. The van der Waals surface area contributed by atoms with Gasteiger partial charge in [0.2, 0.25) is 0 Å². The van der Waals surface area contributed by atoms with E-state index < -0.39 is 21.0 Å². The summed E-state index contributed by atoms with van der Waals surface area (Å²) in [5, 5.41) is 43.1. The van der Waals surface area contributed by atoms with E-state index in [1.165, 1.54) is 62.4 Å². The fourth-order valence-electron chi connectivity index (χ4n) is 2.38. The Kier molecular flexibility index (Phi) is 4.37. The number of benzene rings is 2. The van der Waals surface area contributed by atoms with E-state index in [-0.39, 0.29) is 22.5 Å². The van der Waals surface area contributed by atoms with Crippen LogP contribution in [0, 0.1) is 20.2 Å². The summed E-state index contributed by atoms with van der Waals surface area (Å²) in [5.74, 6) is 0. The van der Waals surface area contributed by atoms with Crippen LogP contribution in [0.2, 0.25) is 0 Å². The van der Waals surface area contributed by atoms with Gasteiger partial charge in [-0.25, -0.2) is 0 Å². The summed E-state index contributed by atoms with van der Waals surface area (Å²) in [5.41, 5.74) is -3.28. The first-order valence-corrected chi connectivity index (χ1v) is 7.02. The zero-order chi connectivity index (χ0) is 18.1. The van der Waals surface area contributed by atoms with Crippen molar-refractivity contribution >= 4 is 11.4 Å². The first kappa shape index (κ1) is 17.5. The van der Waals surface area contributed by atoms with E-state index in [2.05, 4.69) is 0 Å². The van der Waals surface area contributed by atoms with Crippen LogP contribution in [0.1, 0.15) is 25.0 Å². The van der Waals surface area contributed by atoms with Crippen LogP contribution in [0.5, 0.6) is 0 Å². The Hall–Kier alpha value is -2.84. The van der Waals surface area contributed by atoms with Gasteiger partial charge in [-0.3, -0.25) is 20.2 Å². The summed E-state index contributed by atoms with van der Waals surface area (Å²) in [6.45, 7) is 2.74. The molecule has 0 saturated carbocycles. The Balaban J connectivity index is 2.41. The van der Waals surface area contributed by atoms with E-state index in [0.717, 1.165) is 0 Å². The van der Waals surface area contributed by atoms with E-state index in [9.17, 15) is 30.4 Å². The number of nitro groups is 2. The molecule has 2 unspecified atom stereocenters. The largest absolute Gasteiger partial charge is 0.382 e. The van der Waals surface area contributed by atoms with Crippen molar-refractivity contribution in [2.75, 3.05) is 0 Å². The summed E-state index contributed by atoms with van der Waals surface area (Å²) in [6.07, 6.45) is 0. The lowest BCUT2D eigenvalue weighted by Gasteiger charge is -2.39. The molecular weight excluding hydrogens is 316 g/mol. The van der Waals surface area contributed by atoms with E-state index in [0.29, 0.717) is 0 Å². The van der Waals surface area contributed by atoms with Gasteiger partial charge in [-0.2, -0.15) is 0 Å². The molecule has 0 amide bonds. The van der Waals surface area contributed by atoms with Crippen molar-refractivity contribution in [2.24, 2.45) is 0 Å². The molecular formula is C16H16N2O6. The molecule has 8 heteroatoms. The molecule has 0 aliphatic rings. The van der Waals surface area contributed by atoms with Gasteiger partial charge < -0.3 is 10.2 Å². The van der Waals surface area contributed by atoms with Crippen LogP contribution >= 0.6 is 0 Å². The molecule has 8 nitrogen and oxygen atoms in total. The third kappa shape index (κ3) is 2.97. The van der Waals surface area contributed by atoms with Crippen LogP contribution in [0.3, 0.4) is 0 Å². The van der Waals surface area contributed by atoms with Gasteiger partial charge in [0.05, 0.1) is 9.85 Å². The van der Waals surface area contributed by atoms with Crippen LogP contribution < -0.4 is 0 Å². The average molecular weight is 332 g/mol. The van der Waals surface area contributed by atoms with Gasteiger partial charge in [-0.1, -0.05) is 0 Å². The summed E-state index contributed by atoms with van der Waals surface area (Å²) >= 11 is 0. The fourth-order valence-corrected chi connectivity index (χ4v) is 2.38. The number of non-ortho nitro benzene ring substituents is 2. The molecule has 2 N–H and O–H groups in total. The van der Waals surface area contributed by atoms with Crippen LogP contribution in [0.4, 0.5) is 11.4 Å². The highest BCUT2D eigenvalue weighted by Crippen LogP contribution is 2.40. The Bertz CT molecular complexity index is 699. The van der Waals surface area contributed by atoms with Crippen LogP contribution in [0.25, 0.3) is 0 Å². The van der Waals surface area contributed by atoms with Crippen molar-refractivity contribution < 1.29 is 20.1 Å².